The lowest BCUT2D eigenvalue weighted by molar-refractivity contribution is -0.134. The summed E-state index contributed by atoms with van der Waals surface area (Å²) in [5, 5.41) is 5.80. The standard InChI is InChI=1S/C27H35N3O4/c1-4-19(2)24(27(33)30-17-9-5-6-10-18-30)29-26(32)22-11-7-8-12-23(22)28-25(31)20-13-15-21(34-3)16-14-20/h7-8,11-16,19,24H,4-6,9-10,17-18H2,1-3H3,(H,28,31)(H,29,32)/t19-,24+/m1/s1. The summed E-state index contributed by atoms with van der Waals surface area (Å²) in [6.45, 7) is 5.47. The van der Waals surface area contributed by atoms with Crippen molar-refractivity contribution in [3.05, 3.63) is 59.7 Å². The first-order chi connectivity index (χ1) is 16.4. The van der Waals surface area contributed by atoms with Gasteiger partial charge in [0.2, 0.25) is 5.91 Å². The molecular formula is C27H35N3O4. The number of hydrogen-bond donors (Lipinski definition) is 2. The van der Waals surface area contributed by atoms with Crippen LogP contribution in [-0.2, 0) is 4.79 Å². The Morgan fingerprint density at radius 3 is 2.21 bits per heavy atom. The number of nitrogens with zero attached hydrogens (tertiary/aromatic N) is 1. The molecule has 0 spiro atoms. The largest absolute Gasteiger partial charge is 0.497 e. The van der Waals surface area contributed by atoms with Crippen LogP contribution in [0.5, 0.6) is 5.75 Å². The minimum Gasteiger partial charge on any atom is -0.497 e. The molecule has 7 nitrogen and oxygen atoms in total. The third-order valence-corrected chi connectivity index (χ3v) is 6.46. The summed E-state index contributed by atoms with van der Waals surface area (Å²) in [6.07, 6.45) is 5.01. The van der Waals surface area contributed by atoms with Crippen molar-refractivity contribution in [2.75, 3.05) is 25.5 Å². The molecule has 0 radical (unpaired) electrons. The van der Waals surface area contributed by atoms with Crippen LogP contribution in [0, 0.1) is 5.92 Å². The fraction of sp³-hybridized carbons (Fsp3) is 0.444. The lowest BCUT2D eigenvalue weighted by Gasteiger charge is -2.30. The number of anilines is 1. The Balaban J connectivity index is 1.77. The number of amides is 3. The van der Waals surface area contributed by atoms with Gasteiger partial charge in [-0.25, -0.2) is 0 Å². The molecule has 2 aromatic carbocycles. The van der Waals surface area contributed by atoms with E-state index in [1.165, 1.54) is 0 Å². The molecule has 2 aromatic rings. The SMILES string of the molecule is CC[C@@H](C)[C@H](NC(=O)c1ccccc1NC(=O)c1ccc(OC)cc1)C(=O)N1CCCCCC1. The van der Waals surface area contributed by atoms with E-state index < -0.39 is 6.04 Å². The van der Waals surface area contributed by atoms with Crippen LogP contribution in [0.2, 0.25) is 0 Å². The topological polar surface area (TPSA) is 87.7 Å². The molecule has 0 aromatic heterocycles. The molecular weight excluding hydrogens is 430 g/mol. The fourth-order valence-corrected chi connectivity index (χ4v) is 4.12. The van der Waals surface area contributed by atoms with Crippen LogP contribution >= 0.6 is 0 Å². The summed E-state index contributed by atoms with van der Waals surface area (Å²) in [7, 11) is 1.56. The molecule has 2 atom stereocenters. The Kier molecular flexibility index (Phi) is 9.08. The maximum atomic E-state index is 13.3. The van der Waals surface area contributed by atoms with Gasteiger partial charge >= 0.3 is 0 Å². The molecule has 1 aliphatic rings. The molecule has 2 N–H and O–H groups in total. The van der Waals surface area contributed by atoms with Gasteiger partial charge in [-0.3, -0.25) is 14.4 Å². The van der Waals surface area contributed by atoms with Gasteiger partial charge in [-0.05, 0) is 55.2 Å². The molecule has 3 rings (SSSR count). The minimum absolute atomic E-state index is 0.0132. The van der Waals surface area contributed by atoms with Gasteiger partial charge in [0.1, 0.15) is 11.8 Å². The van der Waals surface area contributed by atoms with E-state index >= 15 is 0 Å². The number of para-hydroxylation sites is 1. The van der Waals surface area contributed by atoms with E-state index in [0.717, 1.165) is 45.2 Å². The highest BCUT2D eigenvalue weighted by atomic mass is 16.5. The molecule has 0 aliphatic carbocycles. The third-order valence-electron chi connectivity index (χ3n) is 6.46. The molecule has 0 bridgehead atoms. The zero-order valence-corrected chi connectivity index (χ0v) is 20.3. The predicted octanol–water partition coefficient (Wildman–Crippen LogP) is 4.49. The summed E-state index contributed by atoms with van der Waals surface area (Å²) >= 11 is 0. The Bertz CT molecular complexity index is 982. The first-order valence-electron chi connectivity index (χ1n) is 12.1. The summed E-state index contributed by atoms with van der Waals surface area (Å²) < 4.78 is 5.14. The van der Waals surface area contributed by atoms with Crippen LogP contribution < -0.4 is 15.4 Å². The van der Waals surface area contributed by atoms with Crippen LogP contribution in [-0.4, -0.2) is 48.9 Å². The molecule has 0 saturated carbocycles. The highest BCUT2D eigenvalue weighted by Gasteiger charge is 2.31. The van der Waals surface area contributed by atoms with Gasteiger partial charge in [-0.1, -0.05) is 45.2 Å². The summed E-state index contributed by atoms with van der Waals surface area (Å²) in [6, 6.07) is 13.0. The lowest BCUT2D eigenvalue weighted by Crippen LogP contribution is -2.52. The predicted molar refractivity (Wildman–Crippen MR) is 133 cm³/mol. The number of benzene rings is 2. The average Bonchev–Trinajstić information content (AvgIpc) is 3.16. The van der Waals surface area contributed by atoms with Crippen molar-refractivity contribution in [3.63, 3.8) is 0 Å². The van der Waals surface area contributed by atoms with Crippen LogP contribution in [0.1, 0.15) is 66.7 Å². The number of rotatable bonds is 8. The third kappa shape index (κ3) is 6.37. The van der Waals surface area contributed by atoms with E-state index in [0.29, 0.717) is 22.6 Å². The first kappa shape index (κ1) is 25.3. The van der Waals surface area contributed by atoms with Gasteiger partial charge in [0.15, 0.2) is 0 Å². The van der Waals surface area contributed by atoms with E-state index in [-0.39, 0.29) is 23.6 Å². The minimum atomic E-state index is -0.610. The average molecular weight is 466 g/mol. The Labute approximate surface area is 201 Å². The number of carbonyl (C=O) groups is 3. The number of methoxy groups -OCH3 is 1. The quantitative estimate of drug-likeness (QED) is 0.601. The summed E-state index contributed by atoms with van der Waals surface area (Å²) in [5.74, 6) is -0.0901. The maximum absolute atomic E-state index is 13.3. The van der Waals surface area contributed by atoms with Crippen molar-refractivity contribution in [3.8, 4) is 5.75 Å². The van der Waals surface area contributed by atoms with E-state index in [1.807, 2.05) is 18.7 Å². The Morgan fingerprint density at radius 1 is 0.941 bits per heavy atom. The number of carbonyl (C=O) groups excluding carboxylic acids is 3. The molecule has 0 unspecified atom stereocenters. The summed E-state index contributed by atoms with van der Waals surface area (Å²) in [4.78, 5) is 41.3. The lowest BCUT2D eigenvalue weighted by atomic mass is 9.97. The van der Waals surface area contributed by atoms with Crippen molar-refractivity contribution in [2.24, 2.45) is 5.92 Å². The van der Waals surface area contributed by atoms with Crippen LogP contribution in [0.4, 0.5) is 5.69 Å². The van der Waals surface area contributed by atoms with Gasteiger partial charge in [0, 0.05) is 18.7 Å². The van der Waals surface area contributed by atoms with Gasteiger partial charge < -0.3 is 20.3 Å². The van der Waals surface area contributed by atoms with Crippen molar-refractivity contribution in [2.45, 2.75) is 52.0 Å². The van der Waals surface area contributed by atoms with Crippen molar-refractivity contribution in [1.82, 2.24) is 10.2 Å². The van der Waals surface area contributed by atoms with Gasteiger partial charge in [-0.2, -0.15) is 0 Å². The van der Waals surface area contributed by atoms with Crippen molar-refractivity contribution in [1.29, 1.82) is 0 Å². The second kappa shape index (κ2) is 12.2. The normalized spacial score (nSPS) is 15.6. The molecule has 1 heterocycles. The van der Waals surface area contributed by atoms with E-state index in [2.05, 4.69) is 10.6 Å². The van der Waals surface area contributed by atoms with Crippen LogP contribution in [0.25, 0.3) is 0 Å². The molecule has 182 valence electrons. The number of hydrogen-bond acceptors (Lipinski definition) is 4. The highest BCUT2D eigenvalue weighted by molar-refractivity contribution is 6.09. The zero-order valence-electron chi connectivity index (χ0n) is 20.3. The van der Waals surface area contributed by atoms with Gasteiger partial charge in [0.05, 0.1) is 18.4 Å². The van der Waals surface area contributed by atoms with Crippen molar-refractivity contribution < 1.29 is 19.1 Å². The smallest absolute Gasteiger partial charge is 0.255 e. The monoisotopic (exact) mass is 465 g/mol. The second-order valence-corrected chi connectivity index (χ2v) is 8.80. The molecule has 7 heteroatoms. The fourth-order valence-electron chi connectivity index (χ4n) is 4.12. The maximum Gasteiger partial charge on any atom is 0.255 e. The molecule has 1 aliphatic heterocycles. The van der Waals surface area contributed by atoms with Crippen molar-refractivity contribution >= 4 is 23.4 Å². The van der Waals surface area contributed by atoms with Crippen LogP contribution in [0.15, 0.2) is 48.5 Å². The molecule has 1 fully saturated rings. The summed E-state index contributed by atoms with van der Waals surface area (Å²) in [5.41, 5.74) is 1.16. The molecule has 3 amide bonds. The van der Waals surface area contributed by atoms with Crippen LogP contribution in [0.3, 0.4) is 0 Å². The number of ether oxygens (including phenoxy) is 1. The van der Waals surface area contributed by atoms with E-state index in [1.54, 1.807) is 55.6 Å². The zero-order chi connectivity index (χ0) is 24.5. The highest BCUT2D eigenvalue weighted by Crippen LogP contribution is 2.20. The Hall–Kier alpha value is -3.35. The molecule has 1 saturated heterocycles. The van der Waals surface area contributed by atoms with Gasteiger partial charge in [-0.15, -0.1) is 0 Å². The van der Waals surface area contributed by atoms with E-state index in [4.69, 9.17) is 4.74 Å². The number of nitrogens with one attached hydrogen (secondary N) is 2. The second-order valence-electron chi connectivity index (χ2n) is 8.80. The Morgan fingerprint density at radius 2 is 1.59 bits per heavy atom. The van der Waals surface area contributed by atoms with Gasteiger partial charge in [0.25, 0.3) is 11.8 Å². The van der Waals surface area contributed by atoms with E-state index in [9.17, 15) is 14.4 Å². The first-order valence-corrected chi connectivity index (χ1v) is 12.1. The number of likely N-dealkylation sites (tertiary alicyclic amines) is 1. The molecule has 34 heavy (non-hydrogen) atoms.